The van der Waals surface area contributed by atoms with Gasteiger partial charge in [0.15, 0.2) is 0 Å². The summed E-state index contributed by atoms with van der Waals surface area (Å²) in [5.41, 5.74) is 7.13. The average molecular weight is 334 g/mol. The van der Waals surface area contributed by atoms with Gasteiger partial charge in [0.25, 0.3) is 5.69 Å². The minimum Gasteiger partial charge on any atom is -0.383 e. The number of nitrogens with two attached hydrogens (primary N) is 1. The molecule has 0 aliphatic rings. The van der Waals surface area contributed by atoms with E-state index in [2.05, 4.69) is 4.98 Å². The number of pyridine rings is 1. The lowest BCUT2D eigenvalue weighted by atomic mass is 9.98. The molecule has 2 aromatic carbocycles. The van der Waals surface area contributed by atoms with E-state index in [4.69, 9.17) is 5.73 Å². The lowest BCUT2D eigenvalue weighted by Gasteiger charge is -2.10. The van der Waals surface area contributed by atoms with E-state index in [0.29, 0.717) is 11.1 Å². The lowest BCUT2D eigenvalue weighted by Crippen LogP contribution is -2.01. The van der Waals surface area contributed by atoms with Crippen molar-refractivity contribution in [2.24, 2.45) is 0 Å². The summed E-state index contributed by atoms with van der Waals surface area (Å²) in [6, 6.07) is 15.2. The van der Waals surface area contributed by atoms with Gasteiger partial charge in [0.1, 0.15) is 23.3 Å². The molecule has 0 atom stereocenters. The first-order chi connectivity index (χ1) is 12.0. The van der Waals surface area contributed by atoms with Crippen molar-refractivity contribution >= 4 is 11.5 Å². The number of rotatable bonds is 3. The third kappa shape index (κ3) is 3.01. The molecule has 6 nitrogen and oxygen atoms in total. The zero-order chi connectivity index (χ0) is 18.0. The van der Waals surface area contributed by atoms with E-state index >= 15 is 0 Å². The van der Waals surface area contributed by atoms with Gasteiger partial charge in [-0.05, 0) is 29.8 Å². The maximum atomic E-state index is 13.6. The summed E-state index contributed by atoms with van der Waals surface area (Å²) in [5.74, 6) is -0.540. The van der Waals surface area contributed by atoms with Crippen molar-refractivity contribution in [3.63, 3.8) is 0 Å². The highest BCUT2D eigenvalue weighted by atomic mass is 19.1. The Bertz CT molecular complexity index is 1030. The molecule has 0 aliphatic heterocycles. The van der Waals surface area contributed by atoms with Crippen LogP contribution in [0.3, 0.4) is 0 Å². The SMILES string of the molecule is N#Cc1c(-c2cccc(F)c2)cc(-c2ccccc2[N+](=O)[O-])nc1N. The Morgan fingerprint density at radius 2 is 1.88 bits per heavy atom. The molecule has 3 rings (SSSR count). The number of halogens is 1. The van der Waals surface area contributed by atoms with Crippen LogP contribution >= 0.6 is 0 Å². The van der Waals surface area contributed by atoms with E-state index in [0.717, 1.165) is 0 Å². The van der Waals surface area contributed by atoms with Gasteiger partial charge in [0.2, 0.25) is 0 Å². The quantitative estimate of drug-likeness (QED) is 0.577. The summed E-state index contributed by atoms with van der Waals surface area (Å²) in [5, 5.41) is 20.6. The van der Waals surface area contributed by atoms with Crippen molar-refractivity contribution in [3.05, 3.63) is 76.1 Å². The Morgan fingerprint density at radius 1 is 1.12 bits per heavy atom. The minimum absolute atomic E-state index is 0.0718. The van der Waals surface area contributed by atoms with E-state index in [9.17, 15) is 19.8 Å². The van der Waals surface area contributed by atoms with Crippen LogP contribution in [-0.4, -0.2) is 9.91 Å². The highest BCUT2D eigenvalue weighted by molar-refractivity contribution is 5.82. The second-order valence-corrected chi connectivity index (χ2v) is 5.21. The highest BCUT2D eigenvalue weighted by Crippen LogP contribution is 2.34. The molecular weight excluding hydrogens is 323 g/mol. The van der Waals surface area contributed by atoms with Gasteiger partial charge in [-0.25, -0.2) is 9.37 Å². The number of nitriles is 1. The number of hydrogen-bond acceptors (Lipinski definition) is 5. The molecule has 2 N–H and O–H groups in total. The predicted octanol–water partition coefficient (Wildman–Crippen LogP) is 3.92. The van der Waals surface area contributed by atoms with Gasteiger partial charge in [-0.1, -0.05) is 24.3 Å². The molecule has 0 bridgehead atoms. The van der Waals surface area contributed by atoms with Crippen molar-refractivity contribution < 1.29 is 9.31 Å². The molecule has 3 aromatic rings. The zero-order valence-electron chi connectivity index (χ0n) is 12.8. The van der Waals surface area contributed by atoms with Crippen LogP contribution in [0.1, 0.15) is 5.56 Å². The second kappa shape index (κ2) is 6.37. The molecule has 0 radical (unpaired) electrons. The number of nitrogens with zero attached hydrogens (tertiary/aromatic N) is 3. The molecule has 122 valence electrons. The summed E-state index contributed by atoms with van der Waals surface area (Å²) >= 11 is 0. The maximum Gasteiger partial charge on any atom is 0.278 e. The smallest absolute Gasteiger partial charge is 0.278 e. The van der Waals surface area contributed by atoms with Crippen LogP contribution in [0.4, 0.5) is 15.9 Å². The fraction of sp³-hybridized carbons (Fsp3) is 0. The summed E-state index contributed by atoms with van der Waals surface area (Å²) < 4.78 is 13.6. The second-order valence-electron chi connectivity index (χ2n) is 5.21. The lowest BCUT2D eigenvalue weighted by molar-refractivity contribution is -0.384. The Hall–Kier alpha value is -3.79. The molecular formula is C18H11FN4O2. The van der Waals surface area contributed by atoms with E-state index < -0.39 is 10.7 Å². The van der Waals surface area contributed by atoms with E-state index in [1.165, 1.54) is 30.3 Å². The van der Waals surface area contributed by atoms with Crippen molar-refractivity contribution in [2.75, 3.05) is 5.73 Å². The summed E-state index contributed by atoms with van der Waals surface area (Å²) in [6.07, 6.45) is 0. The fourth-order valence-corrected chi connectivity index (χ4v) is 2.55. The largest absolute Gasteiger partial charge is 0.383 e. The first kappa shape index (κ1) is 16.1. The standard InChI is InChI=1S/C18H11FN4O2/c19-12-5-3-4-11(8-12)14-9-16(22-18(21)15(14)10-20)13-6-1-2-7-17(13)23(24)25/h1-9H,(H2,21,22). The molecule has 0 saturated heterocycles. The van der Waals surface area contributed by atoms with Gasteiger partial charge >= 0.3 is 0 Å². The van der Waals surface area contributed by atoms with Gasteiger partial charge in [-0.2, -0.15) is 5.26 Å². The molecule has 0 saturated carbocycles. The first-order valence-corrected chi connectivity index (χ1v) is 7.21. The third-order valence-electron chi connectivity index (χ3n) is 3.67. The predicted molar refractivity (Wildman–Crippen MR) is 90.8 cm³/mol. The van der Waals surface area contributed by atoms with E-state index in [1.54, 1.807) is 24.3 Å². The minimum atomic E-state index is -0.521. The van der Waals surface area contributed by atoms with Crippen LogP contribution in [0.2, 0.25) is 0 Å². The van der Waals surface area contributed by atoms with Crippen molar-refractivity contribution in [1.29, 1.82) is 5.26 Å². The summed E-state index contributed by atoms with van der Waals surface area (Å²) in [6.45, 7) is 0. The molecule has 0 fully saturated rings. The number of anilines is 1. The van der Waals surface area contributed by atoms with Crippen molar-refractivity contribution in [3.8, 4) is 28.5 Å². The van der Waals surface area contributed by atoms with Gasteiger partial charge in [-0.15, -0.1) is 0 Å². The molecule has 7 heteroatoms. The van der Waals surface area contributed by atoms with E-state index in [-0.39, 0.29) is 28.3 Å². The van der Waals surface area contributed by atoms with Crippen LogP contribution in [0.15, 0.2) is 54.6 Å². The first-order valence-electron chi connectivity index (χ1n) is 7.21. The van der Waals surface area contributed by atoms with Crippen LogP contribution in [0.25, 0.3) is 22.4 Å². The molecule has 1 heterocycles. The van der Waals surface area contributed by atoms with Gasteiger partial charge in [0, 0.05) is 11.6 Å². The Balaban J connectivity index is 2.29. The van der Waals surface area contributed by atoms with Crippen molar-refractivity contribution in [1.82, 2.24) is 4.98 Å². The van der Waals surface area contributed by atoms with Crippen LogP contribution in [0, 0.1) is 27.3 Å². The molecule has 0 unspecified atom stereocenters. The number of aromatic nitrogens is 1. The summed E-state index contributed by atoms with van der Waals surface area (Å²) in [4.78, 5) is 14.8. The zero-order valence-corrected chi connectivity index (χ0v) is 12.8. The number of hydrogen-bond donors (Lipinski definition) is 1. The monoisotopic (exact) mass is 334 g/mol. The highest BCUT2D eigenvalue weighted by Gasteiger charge is 2.19. The number of nitrogen functional groups attached to an aromatic ring is 1. The van der Waals surface area contributed by atoms with Crippen LogP contribution in [0.5, 0.6) is 0 Å². The number of nitro benzene ring substituents is 1. The molecule has 0 amide bonds. The van der Waals surface area contributed by atoms with E-state index in [1.807, 2.05) is 6.07 Å². The third-order valence-corrected chi connectivity index (χ3v) is 3.67. The Kier molecular flexibility index (Phi) is 4.10. The molecule has 0 aliphatic carbocycles. The average Bonchev–Trinajstić information content (AvgIpc) is 2.61. The van der Waals surface area contributed by atoms with Crippen molar-refractivity contribution in [2.45, 2.75) is 0 Å². The fourth-order valence-electron chi connectivity index (χ4n) is 2.55. The Labute approximate surface area is 142 Å². The maximum absolute atomic E-state index is 13.6. The van der Waals surface area contributed by atoms with Crippen LogP contribution < -0.4 is 5.73 Å². The normalized spacial score (nSPS) is 10.2. The topological polar surface area (TPSA) is 106 Å². The number of para-hydroxylation sites is 1. The van der Waals surface area contributed by atoms with Gasteiger partial charge in [0.05, 0.1) is 16.2 Å². The van der Waals surface area contributed by atoms with Gasteiger partial charge in [-0.3, -0.25) is 10.1 Å². The number of nitro groups is 1. The number of benzene rings is 2. The molecule has 25 heavy (non-hydrogen) atoms. The summed E-state index contributed by atoms with van der Waals surface area (Å²) in [7, 11) is 0. The Morgan fingerprint density at radius 3 is 2.56 bits per heavy atom. The molecule has 1 aromatic heterocycles. The van der Waals surface area contributed by atoms with Gasteiger partial charge < -0.3 is 5.73 Å². The van der Waals surface area contributed by atoms with Crippen LogP contribution in [-0.2, 0) is 0 Å². The molecule has 0 spiro atoms.